The molecule has 0 aliphatic carbocycles. The van der Waals surface area contributed by atoms with E-state index in [9.17, 15) is 24.9 Å². The van der Waals surface area contributed by atoms with Crippen LogP contribution >= 0.6 is 0 Å². The van der Waals surface area contributed by atoms with Crippen LogP contribution < -0.4 is 9.80 Å². The molecule has 1 aliphatic heterocycles. The molecule has 13 heteroatoms. The van der Waals surface area contributed by atoms with Crippen molar-refractivity contribution in [2.75, 3.05) is 36.0 Å². The summed E-state index contributed by atoms with van der Waals surface area (Å²) in [6.07, 6.45) is 2.97. The highest BCUT2D eigenvalue weighted by Gasteiger charge is 2.24. The van der Waals surface area contributed by atoms with Gasteiger partial charge in [-0.1, -0.05) is 0 Å². The zero-order valence-corrected chi connectivity index (χ0v) is 20.0. The fourth-order valence-corrected chi connectivity index (χ4v) is 4.63. The van der Waals surface area contributed by atoms with Crippen LogP contribution in [0.4, 0.5) is 11.6 Å². The molecule has 1 saturated heterocycles. The summed E-state index contributed by atoms with van der Waals surface area (Å²) < 4.78 is 3.02. The molecule has 0 spiro atoms. The molecule has 0 amide bonds. The number of aromatic hydroxyl groups is 1. The number of aliphatic carboxylic acids is 1. The number of aromatic nitrogens is 6. The number of phenolic OH excluding ortho intramolecular Hbond substituents is 1. The SMILES string of the molecule is O=C(O)Cn1cnc2c(-n3ncc4cc(C(=O)O)ccc43)nc(N3CCN(c4ccc(O)cc4)CC3)nc21. The minimum Gasteiger partial charge on any atom is -0.508 e. The van der Waals surface area contributed by atoms with Crippen LogP contribution in [0.15, 0.2) is 55.0 Å². The van der Waals surface area contributed by atoms with Crippen molar-refractivity contribution in [3.63, 3.8) is 0 Å². The average molecular weight is 515 g/mol. The first kappa shape index (κ1) is 23.2. The minimum atomic E-state index is -1.04. The molecular weight excluding hydrogens is 492 g/mol. The number of rotatable bonds is 6. The van der Waals surface area contributed by atoms with E-state index >= 15 is 0 Å². The van der Waals surface area contributed by atoms with Crippen LogP contribution in [0.1, 0.15) is 10.4 Å². The first-order chi connectivity index (χ1) is 18.4. The zero-order valence-electron chi connectivity index (χ0n) is 20.0. The van der Waals surface area contributed by atoms with Crippen LogP contribution in [0, 0.1) is 0 Å². The highest BCUT2D eigenvalue weighted by molar-refractivity contribution is 5.94. The van der Waals surface area contributed by atoms with Crippen LogP contribution in [0.3, 0.4) is 0 Å². The van der Waals surface area contributed by atoms with Crippen molar-refractivity contribution < 1.29 is 24.9 Å². The first-order valence-electron chi connectivity index (χ1n) is 11.8. The molecule has 6 rings (SSSR count). The van der Waals surface area contributed by atoms with Gasteiger partial charge in [-0.25, -0.2) is 14.5 Å². The standard InChI is InChI=1S/C25H22N8O5/c34-18-4-2-17(3-5-18)30-7-9-31(10-8-30)25-28-22-21(26-14-32(22)13-20(35)36)23(29-25)33-19-6-1-15(24(37)38)11-16(19)12-27-33/h1-6,11-12,14,34H,7-10,13H2,(H,35,36)(H,37,38). The third kappa shape index (κ3) is 4.09. The summed E-state index contributed by atoms with van der Waals surface area (Å²) in [6, 6.07) is 11.7. The Morgan fingerprint density at radius 2 is 1.66 bits per heavy atom. The highest BCUT2D eigenvalue weighted by atomic mass is 16.4. The summed E-state index contributed by atoms with van der Waals surface area (Å²) in [5.74, 6) is -1.07. The Kier molecular flexibility index (Phi) is 5.52. The Morgan fingerprint density at radius 3 is 2.37 bits per heavy atom. The van der Waals surface area contributed by atoms with Gasteiger partial charge in [0.1, 0.15) is 12.3 Å². The molecule has 192 valence electrons. The van der Waals surface area contributed by atoms with Crippen molar-refractivity contribution >= 4 is 45.6 Å². The summed E-state index contributed by atoms with van der Waals surface area (Å²) in [7, 11) is 0. The lowest BCUT2D eigenvalue weighted by molar-refractivity contribution is -0.137. The maximum Gasteiger partial charge on any atom is 0.335 e. The van der Waals surface area contributed by atoms with E-state index in [1.54, 1.807) is 29.1 Å². The molecule has 0 saturated carbocycles. The number of imidazole rings is 1. The molecule has 1 aliphatic rings. The fourth-order valence-electron chi connectivity index (χ4n) is 4.63. The second kappa shape index (κ2) is 9.03. The molecule has 1 fully saturated rings. The molecule has 0 bridgehead atoms. The number of anilines is 2. The molecular formula is C25H22N8O5. The monoisotopic (exact) mass is 514 g/mol. The molecule has 0 unspecified atom stereocenters. The second-order valence-corrected chi connectivity index (χ2v) is 8.91. The van der Waals surface area contributed by atoms with Crippen LogP contribution in [0.25, 0.3) is 27.9 Å². The smallest absolute Gasteiger partial charge is 0.335 e. The molecule has 3 aromatic heterocycles. The van der Waals surface area contributed by atoms with Crippen LogP contribution in [-0.4, -0.2) is 82.7 Å². The first-order valence-corrected chi connectivity index (χ1v) is 11.8. The topological polar surface area (TPSA) is 163 Å². The molecule has 2 aromatic carbocycles. The lowest BCUT2D eigenvalue weighted by atomic mass is 10.1. The summed E-state index contributed by atoms with van der Waals surface area (Å²) in [4.78, 5) is 41.0. The van der Waals surface area contributed by atoms with Gasteiger partial charge in [0.25, 0.3) is 0 Å². The van der Waals surface area contributed by atoms with Gasteiger partial charge < -0.3 is 29.7 Å². The summed E-state index contributed by atoms with van der Waals surface area (Å²) in [6.45, 7) is 2.29. The maximum atomic E-state index is 11.5. The number of hydrogen-bond donors (Lipinski definition) is 3. The van der Waals surface area contributed by atoms with Gasteiger partial charge >= 0.3 is 11.9 Å². The van der Waals surface area contributed by atoms with Gasteiger partial charge in [0.05, 0.1) is 23.6 Å². The summed E-state index contributed by atoms with van der Waals surface area (Å²) in [5.41, 5.74) is 2.51. The van der Waals surface area contributed by atoms with Crippen molar-refractivity contribution in [2.24, 2.45) is 0 Å². The van der Waals surface area contributed by atoms with E-state index in [0.29, 0.717) is 60.0 Å². The Hall–Kier alpha value is -5.20. The zero-order chi connectivity index (χ0) is 26.4. The number of nitrogens with zero attached hydrogens (tertiary/aromatic N) is 8. The molecule has 0 radical (unpaired) electrons. The van der Waals surface area contributed by atoms with Crippen molar-refractivity contribution in [3.05, 3.63) is 60.6 Å². The van der Waals surface area contributed by atoms with E-state index in [0.717, 1.165) is 5.69 Å². The minimum absolute atomic E-state index is 0.141. The molecule has 4 heterocycles. The largest absolute Gasteiger partial charge is 0.508 e. The number of aromatic carboxylic acids is 1. The normalized spacial score (nSPS) is 13.9. The van der Waals surface area contributed by atoms with Gasteiger partial charge in [-0.2, -0.15) is 15.1 Å². The third-order valence-electron chi connectivity index (χ3n) is 6.53. The van der Waals surface area contributed by atoms with Crippen LogP contribution in [-0.2, 0) is 11.3 Å². The quantitative estimate of drug-likeness (QED) is 0.304. The number of phenols is 1. The van der Waals surface area contributed by atoms with E-state index in [1.165, 1.54) is 23.0 Å². The van der Waals surface area contributed by atoms with E-state index in [2.05, 4.69) is 15.0 Å². The molecule has 13 nitrogen and oxygen atoms in total. The molecule has 3 N–H and O–H groups in total. The van der Waals surface area contributed by atoms with Gasteiger partial charge in [0, 0.05) is 37.3 Å². The Morgan fingerprint density at radius 1 is 0.921 bits per heavy atom. The van der Waals surface area contributed by atoms with E-state index in [1.807, 2.05) is 17.0 Å². The maximum absolute atomic E-state index is 11.5. The van der Waals surface area contributed by atoms with Gasteiger partial charge in [-0.15, -0.1) is 0 Å². The van der Waals surface area contributed by atoms with Crippen molar-refractivity contribution in [1.29, 1.82) is 0 Å². The highest BCUT2D eigenvalue weighted by Crippen LogP contribution is 2.27. The number of fused-ring (bicyclic) bond motifs is 2. The Labute approximate surface area is 214 Å². The number of carboxylic acids is 2. The number of carboxylic acid groups (broad SMARTS) is 2. The van der Waals surface area contributed by atoms with Gasteiger partial charge in [-0.3, -0.25) is 4.79 Å². The number of carbonyl (C=O) groups is 2. The second-order valence-electron chi connectivity index (χ2n) is 8.91. The predicted molar refractivity (Wildman–Crippen MR) is 137 cm³/mol. The Balaban J connectivity index is 1.40. The lowest BCUT2D eigenvalue weighted by Gasteiger charge is -2.36. The lowest BCUT2D eigenvalue weighted by Crippen LogP contribution is -2.47. The van der Waals surface area contributed by atoms with Crippen molar-refractivity contribution in [2.45, 2.75) is 6.54 Å². The van der Waals surface area contributed by atoms with Crippen LogP contribution in [0.5, 0.6) is 5.75 Å². The molecule has 0 atom stereocenters. The van der Waals surface area contributed by atoms with Crippen molar-refractivity contribution in [1.82, 2.24) is 29.3 Å². The molecule has 38 heavy (non-hydrogen) atoms. The van der Waals surface area contributed by atoms with Crippen molar-refractivity contribution in [3.8, 4) is 11.6 Å². The van der Waals surface area contributed by atoms with E-state index < -0.39 is 11.9 Å². The van der Waals surface area contributed by atoms with Gasteiger partial charge in [0.15, 0.2) is 17.0 Å². The number of benzene rings is 2. The summed E-state index contributed by atoms with van der Waals surface area (Å²) in [5, 5.41) is 33.4. The van der Waals surface area contributed by atoms with E-state index in [4.69, 9.17) is 9.97 Å². The Bertz CT molecular complexity index is 1690. The van der Waals surface area contributed by atoms with Gasteiger partial charge in [-0.05, 0) is 42.5 Å². The van der Waals surface area contributed by atoms with Crippen LogP contribution in [0.2, 0.25) is 0 Å². The fraction of sp³-hybridized carbons (Fsp3) is 0.200. The van der Waals surface area contributed by atoms with Gasteiger partial charge in [0.2, 0.25) is 5.95 Å². The number of piperazine rings is 1. The van der Waals surface area contributed by atoms with E-state index in [-0.39, 0.29) is 17.9 Å². The number of hydrogen-bond acceptors (Lipinski definition) is 9. The third-order valence-corrected chi connectivity index (χ3v) is 6.53. The molecule has 5 aromatic rings. The summed E-state index contributed by atoms with van der Waals surface area (Å²) >= 11 is 0. The predicted octanol–water partition coefficient (Wildman–Crippen LogP) is 1.98. The average Bonchev–Trinajstić information content (AvgIpc) is 3.52.